The Balaban J connectivity index is 1.40. The molecule has 0 saturated carbocycles. The van der Waals surface area contributed by atoms with Crippen LogP contribution in [0.5, 0.6) is 11.5 Å². The Hall–Kier alpha value is -4.07. The molecule has 0 unspecified atom stereocenters. The van der Waals surface area contributed by atoms with Crippen molar-refractivity contribution in [1.29, 1.82) is 0 Å². The molecule has 2 aliphatic carbocycles. The Kier molecular flexibility index (Phi) is 9.71. The van der Waals surface area contributed by atoms with Gasteiger partial charge in [0, 0.05) is 58.6 Å². The van der Waals surface area contributed by atoms with Gasteiger partial charge in [-0.15, -0.1) is 0 Å². The van der Waals surface area contributed by atoms with Crippen LogP contribution in [0.15, 0.2) is 89.3 Å². The van der Waals surface area contributed by atoms with Crippen LogP contribution >= 0.6 is 23.2 Å². The monoisotopic (exact) mass is 700 g/mol. The van der Waals surface area contributed by atoms with E-state index in [2.05, 4.69) is 50.0 Å². The van der Waals surface area contributed by atoms with Crippen molar-refractivity contribution in [3.63, 3.8) is 0 Å². The number of Topliss-reactive ketones (excluding diaryl/α,β-unsaturated/α-hetero) is 2. The quantitative estimate of drug-likeness (QED) is 0.240. The van der Waals surface area contributed by atoms with Crippen LogP contribution in [0.3, 0.4) is 0 Å². The van der Waals surface area contributed by atoms with Crippen molar-refractivity contribution in [3.8, 4) is 11.5 Å². The number of rotatable bonds is 9. The minimum atomic E-state index is -0.598. The fraction of sp³-hybridized carbons (Fsp3) is 0.375. The van der Waals surface area contributed by atoms with Gasteiger partial charge in [0.1, 0.15) is 0 Å². The lowest BCUT2D eigenvalue weighted by Gasteiger charge is -2.49. The molecule has 0 saturated heterocycles. The Bertz CT molecular complexity index is 1810. The van der Waals surface area contributed by atoms with Gasteiger partial charge < -0.3 is 19.7 Å². The highest BCUT2D eigenvalue weighted by molar-refractivity contribution is 6.32. The third-order valence-electron chi connectivity index (χ3n) is 9.55. The molecule has 0 fully saturated rings. The lowest BCUT2D eigenvalue weighted by Crippen LogP contribution is -2.45. The van der Waals surface area contributed by atoms with Crippen molar-refractivity contribution >= 4 is 46.4 Å². The fourth-order valence-electron chi connectivity index (χ4n) is 7.45. The highest BCUT2D eigenvalue weighted by Gasteiger charge is 2.49. The van der Waals surface area contributed by atoms with E-state index in [0.717, 1.165) is 17.8 Å². The molecule has 0 bridgehead atoms. The van der Waals surface area contributed by atoms with Gasteiger partial charge in [-0.2, -0.15) is 0 Å². The van der Waals surface area contributed by atoms with E-state index in [4.69, 9.17) is 32.7 Å². The van der Waals surface area contributed by atoms with E-state index < -0.39 is 5.92 Å². The Morgan fingerprint density at radius 1 is 0.857 bits per heavy atom. The maximum atomic E-state index is 14.2. The van der Waals surface area contributed by atoms with Crippen LogP contribution in [-0.2, 0) is 20.8 Å². The van der Waals surface area contributed by atoms with Crippen LogP contribution in [0.2, 0.25) is 10.0 Å². The topological polar surface area (TPSA) is 84.9 Å². The third kappa shape index (κ3) is 7.43. The summed E-state index contributed by atoms with van der Waals surface area (Å²) in [6.45, 7) is 8.88. The number of nitrogens with one attached hydrogen (secondary N) is 1. The normalized spacial score (nSPS) is 18.6. The first-order chi connectivity index (χ1) is 23.2. The second kappa shape index (κ2) is 13.7. The van der Waals surface area contributed by atoms with E-state index >= 15 is 0 Å². The van der Waals surface area contributed by atoms with Crippen LogP contribution in [0.4, 0.5) is 5.69 Å². The Morgan fingerprint density at radius 2 is 1.45 bits per heavy atom. The largest absolute Gasteiger partial charge is 0.493 e. The number of hydrogen-bond acceptors (Lipinski definition) is 6. The van der Waals surface area contributed by atoms with Crippen molar-refractivity contribution in [2.45, 2.75) is 65.7 Å². The number of benzene rings is 3. The summed E-state index contributed by atoms with van der Waals surface area (Å²) in [5.74, 6) is -0.389. The fourth-order valence-corrected chi connectivity index (χ4v) is 7.85. The van der Waals surface area contributed by atoms with Crippen LogP contribution in [0.1, 0.15) is 70.4 Å². The van der Waals surface area contributed by atoms with Crippen LogP contribution in [0.25, 0.3) is 0 Å². The zero-order valence-corrected chi connectivity index (χ0v) is 30.1. The lowest BCUT2D eigenvalue weighted by atomic mass is 9.63. The molecule has 1 N–H and O–H groups in total. The molecule has 256 valence electrons. The number of ketones is 2. The van der Waals surface area contributed by atoms with Gasteiger partial charge in [0.05, 0.1) is 12.1 Å². The van der Waals surface area contributed by atoms with E-state index in [9.17, 15) is 14.4 Å². The maximum absolute atomic E-state index is 14.2. The van der Waals surface area contributed by atoms with E-state index in [1.807, 2.05) is 18.2 Å². The molecule has 1 amide bonds. The SMILES string of the molecule is COc1cc(C2C3=C(CC(C)(C)CC3=O)N(CCc3ccccc3)C3=C2C(=O)CC(C)(C)C3)cc(Cl)c1OCC(=O)Nc1ccc(Cl)cc1. The summed E-state index contributed by atoms with van der Waals surface area (Å²) in [6, 6.07) is 20.6. The molecule has 0 aromatic heterocycles. The number of hydrogen-bond donors (Lipinski definition) is 1. The maximum Gasteiger partial charge on any atom is 0.262 e. The van der Waals surface area contributed by atoms with E-state index in [1.54, 1.807) is 36.4 Å². The van der Waals surface area contributed by atoms with Gasteiger partial charge in [0.25, 0.3) is 5.91 Å². The van der Waals surface area contributed by atoms with E-state index in [0.29, 0.717) is 65.4 Å². The number of amides is 1. The highest BCUT2D eigenvalue weighted by Crippen LogP contribution is 2.55. The van der Waals surface area contributed by atoms with Crippen LogP contribution in [0, 0.1) is 10.8 Å². The summed E-state index contributed by atoms with van der Waals surface area (Å²) in [5.41, 5.74) is 5.28. The zero-order valence-electron chi connectivity index (χ0n) is 28.6. The molecule has 1 aliphatic heterocycles. The average Bonchev–Trinajstić information content (AvgIpc) is 3.03. The predicted octanol–water partition coefficient (Wildman–Crippen LogP) is 8.95. The molecule has 3 aromatic rings. The summed E-state index contributed by atoms with van der Waals surface area (Å²) in [4.78, 5) is 43.5. The summed E-state index contributed by atoms with van der Waals surface area (Å²) < 4.78 is 11.7. The Morgan fingerprint density at radius 3 is 2.02 bits per heavy atom. The van der Waals surface area contributed by atoms with Gasteiger partial charge in [-0.25, -0.2) is 0 Å². The molecule has 0 radical (unpaired) electrons. The zero-order chi connectivity index (χ0) is 35.1. The number of ether oxygens (including phenoxy) is 2. The van der Waals surface area contributed by atoms with Crippen molar-refractivity contribution in [1.82, 2.24) is 4.90 Å². The second-order valence-corrected chi connectivity index (χ2v) is 15.6. The molecular weight excluding hydrogens is 659 g/mol. The van der Waals surface area contributed by atoms with Crippen LogP contribution in [-0.4, -0.2) is 42.6 Å². The highest BCUT2D eigenvalue weighted by atomic mass is 35.5. The van der Waals surface area contributed by atoms with Crippen molar-refractivity contribution in [2.75, 3.05) is 25.6 Å². The second-order valence-electron chi connectivity index (χ2n) is 14.8. The minimum absolute atomic E-state index is 0.0411. The molecule has 6 rings (SSSR count). The van der Waals surface area contributed by atoms with Gasteiger partial charge in [-0.3, -0.25) is 14.4 Å². The third-order valence-corrected chi connectivity index (χ3v) is 10.1. The summed E-state index contributed by atoms with van der Waals surface area (Å²) in [5, 5.41) is 3.55. The molecule has 0 spiro atoms. The molecule has 0 atom stereocenters. The molecule has 9 heteroatoms. The number of halogens is 2. The lowest BCUT2D eigenvalue weighted by molar-refractivity contribution is -0.120. The van der Waals surface area contributed by atoms with Gasteiger partial charge in [-0.05, 0) is 77.6 Å². The molecule has 49 heavy (non-hydrogen) atoms. The summed E-state index contributed by atoms with van der Waals surface area (Å²) in [6.07, 6.45) is 2.95. The summed E-state index contributed by atoms with van der Waals surface area (Å²) >= 11 is 12.8. The number of allylic oxidation sites excluding steroid dienone is 4. The molecule has 1 heterocycles. The average molecular weight is 702 g/mol. The van der Waals surface area contributed by atoms with E-state index in [-0.39, 0.29) is 45.7 Å². The van der Waals surface area contributed by atoms with Crippen LogP contribution < -0.4 is 14.8 Å². The number of nitrogens with zero attached hydrogens (tertiary/aromatic N) is 1. The number of anilines is 1. The molecule has 3 aliphatic rings. The smallest absolute Gasteiger partial charge is 0.262 e. The molecule has 3 aromatic carbocycles. The van der Waals surface area contributed by atoms with Crippen molar-refractivity contribution < 1.29 is 23.9 Å². The molecule has 7 nitrogen and oxygen atoms in total. The van der Waals surface area contributed by atoms with Gasteiger partial charge in [0.2, 0.25) is 0 Å². The molecular formula is C40H42Cl2N2O5. The van der Waals surface area contributed by atoms with Crippen molar-refractivity contribution in [2.24, 2.45) is 10.8 Å². The number of carbonyl (C=O) groups excluding carboxylic acids is 3. The van der Waals surface area contributed by atoms with Crippen molar-refractivity contribution in [3.05, 3.63) is 110 Å². The summed E-state index contributed by atoms with van der Waals surface area (Å²) in [7, 11) is 1.50. The standard InChI is InChI=1S/C40H42Cl2N2O5/c1-39(2)19-29-36(31(45)21-39)35(37-30(20-40(3,4)22-32(37)46)44(29)16-15-24-9-7-6-8-10-24)25-17-28(42)38(33(18-25)48-5)49-23-34(47)43-27-13-11-26(41)12-14-27/h6-14,17-18,35H,15-16,19-23H2,1-5H3,(H,43,47). The minimum Gasteiger partial charge on any atom is -0.493 e. The first-order valence-electron chi connectivity index (χ1n) is 16.6. The van der Waals surface area contributed by atoms with Gasteiger partial charge >= 0.3 is 0 Å². The first kappa shape index (κ1) is 34.8. The number of methoxy groups -OCH3 is 1. The van der Waals surface area contributed by atoms with Gasteiger partial charge in [-0.1, -0.05) is 81.2 Å². The predicted molar refractivity (Wildman–Crippen MR) is 193 cm³/mol. The Labute approximate surface area is 298 Å². The first-order valence-corrected chi connectivity index (χ1v) is 17.4. The number of carbonyl (C=O) groups is 3. The van der Waals surface area contributed by atoms with E-state index in [1.165, 1.54) is 12.7 Å². The van der Waals surface area contributed by atoms with Gasteiger partial charge in [0.15, 0.2) is 29.7 Å².